The van der Waals surface area contributed by atoms with Crippen LogP contribution in [0.15, 0.2) is 42.9 Å². The molecule has 0 aliphatic carbocycles. The summed E-state index contributed by atoms with van der Waals surface area (Å²) in [5.41, 5.74) is -1.48. The summed E-state index contributed by atoms with van der Waals surface area (Å²) in [5.74, 6) is -5.75. The molecule has 0 spiro atoms. The lowest BCUT2D eigenvalue weighted by Gasteiger charge is -2.43. The number of rotatable bonds is 7. The third-order valence-corrected chi connectivity index (χ3v) is 5.70. The van der Waals surface area contributed by atoms with Gasteiger partial charge in [0.2, 0.25) is 5.95 Å². The van der Waals surface area contributed by atoms with Crippen molar-refractivity contribution in [3.63, 3.8) is 0 Å². The van der Waals surface area contributed by atoms with Gasteiger partial charge in [-0.05, 0) is 23.6 Å². The Balaban J connectivity index is 1.84. The molecule has 194 valence electrons. The quantitative estimate of drug-likeness (QED) is 0.381. The molecular weight excluding hydrogens is 490 g/mol. The Morgan fingerprint density at radius 1 is 1.28 bits per heavy atom. The van der Waals surface area contributed by atoms with E-state index in [1.54, 1.807) is 0 Å². The Morgan fingerprint density at radius 2 is 1.94 bits per heavy atom. The molecular formula is C23H24F6N6O. The molecule has 1 fully saturated rings. The van der Waals surface area contributed by atoms with Crippen molar-refractivity contribution in [3.8, 4) is 0 Å². The highest BCUT2D eigenvalue weighted by Gasteiger charge is 2.46. The fourth-order valence-electron chi connectivity index (χ4n) is 4.00. The van der Waals surface area contributed by atoms with Gasteiger partial charge in [0.15, 0.2) is 0 Å². The van der Waals surface area contributed by atoms with Crippen LogP contribution in [0.3, 0.4) is 0 Å². The van der Waals surface area contributed by atoms with Crippen molar-refractivity contribution in [2.24, 2.45) is 5.92 Å². The van der Waals surface area contributed by atoms with Gasteiger partial charge in [-0.25, -0.2) is 23.1 Å². The maximum Gasteiger partial charge on any atom is 0.419 e. The van der Waals surface area contributed by atoms with Gasteiger partial charge in [0.1, 0.15) is 11.5 Å². The highest BCUT2D eigenvalue weighted by Crippen LogP contribution is 2.35. The number of benzene rings is 1. The first-order valence-corrected chi connectivity index (χ1v) is 10.9. The molecule has 0 radical (unpaired) electrons. The molecule has 1 saturated heterocycles. The molecule has 1 aromatic carbocycles. The smallest absolute Gasteiger partial charge is 0.393 e. The van der Waals surface area contributed by atoms with E-state index in [0.29, 0.717) is 12.4 Å². The summed E-state index contributed by atoms with van der Waals surface area (Å²) in [6.45, 7) is 0.398. The summed E-state index contributed by atoms with van der Waals surface area (Å²) < 4.78 is 80.9. The molecule has 1 amide bonds. The topological polar surface area (TPSA) is 94.0 Å². The van der Waals surface area contributed by atoms with Crippen molar-refractivity contribution in [1.82, 2.24) is 20.2 Å². The molecule has 13 heteroatoms. The third-order valence-electron chi connectivity index (χ3n) is 5.70. The molecule has 7 nitrogen and oxygen atoms in total. The predicted octanol–water partition coefficient (Wildman–Crippen LogP) is 4.20. The van der Waals surface area contributed by atoms with E-state index in [4.69, 9.17) is 5.41 Å². The Hall–Kier alpha value is -3.64. The van der Waals surface area contributed by atoms with Gasteiger partial charge in [0, 0.05) is 44.2 Å². The number of nitrogens with zero attached hydrogens (tertiary/aromatic N) is 3. The molecule has 3 N–H and O–H groups in total. The van der Waals surface area contributed by atoms with E-state index < -0.39 is 60.0 Å². The summed E-state index contributed by atoms with van der Waals surface area (Å²) in [6.07, 6.45) is -2.69. The third kappa shape index (κ3) is 6.32. The normalized spacial score (nSPS) is 20.1. The Bertz CT molecular complexity index is 1130. The lowest BCUT2D eigenvalue weighted by atomic mass is 9.87. The number of amides is 1. The Labute approximate surface area is 203 Å². The van der Waals surface area contributed by atoms with Gasteiger partial charge < -0.3 is 15.5 Å². The summed E-state index contributed by atoms with van der Waals surface area (Å²) in [4.78, 5) is 21.4. The minimum Gasteiger partial charge on any atom is -0.393 e. The fourth-order valence-corrected chi connectivity index (χ4v) is 4.00. The number of halogens is 6. The zero-order valence-corrected chi connectivity index (χ0v) is 19.3. The number of hydrogen-bond donors (Lipinski definition) is 3. The second kappa shape index (κ2) is 10.5. The van der Waals surface area contributed by atoms with Crippen molar-refractivity contribution < 1.29 is 31.1 Å². The SMILES string of the molecule is CN/C=C(\C(=N)C(=O)N1CC(F)(F)CC(C)C1CNc1ncc(C(F)(F)F)cn1)c1cccc(F)c1. The van der Waals surface area contributed by atoms with E-state index >= 15 is 0 Å². The van der Waals surface area contributed by atoms with Crippen LogP contribution in [-0.2, 0) is 11.0 Å². The van der Waals surface area contributed by atoms with Crippen LogP contribution in [0.2, 0.25) is 0 Å². The van der Waals surface area contributed by atoms with Crippen LogP contribution in [0.5, 0.6) is 0 Å². The number of carbonyl (C=O) groups excluding carboxylic acids is 1. The molecule has 0 bridgehead atoms. The van der Waals surface area contributed by atoms with Crippen molar-refractivity contribution in [3.05, 3.63) is 59.8 Å². The summed E-state index contributed by atoms with van der Waals surface area (Å²) in [7, 11) is 1.50. The Morgan fingerprint density at radius 3 is 2.53 bits per heavy atom. The van der Waals surface area contributed by atoms with Crippen LogP contribution in [0.25, 0.3) is 5.57 Å². The number of aromatic nitrogens is 2. The molecule has 2 atom stereocenters. The molecule has 2 heterocycles. The van der Waals surface area contributed by atoms with E-state index in [1.165, 1.54) is 38.4 Å². The molecule has 0 saturated carbocycles. The van der Waals surface area contributed by atoms with Crippen LogP contribution in [0, 0.1) is 17.1 Å². The van der Waals surface area contributed by atoms with Gasteiger partial charge in [0.05, 0.1) is 18.2 Å². The number of nitrogens with one attached hydrogen (secondary N) is 3. The number of piperidine rings is 1. The summed E-state index contributed by atoms with van der Waals surface area (Å²) in [5, 5.41) is 13.8. The first-order chi connectivity index (χ1) is 16.8. The predicted molar refractivity (Wildman–Crippen MR) is 121 cm³/mol. The zero-order valence-electron chi connectivity index (χ0n) is 19.3. The van der Waals surface area contributed by atoms with Crippen molar-refractivity contribution in [1.29, 1.82) is 5.41 Å². The number of hydrogen-bond acceptors (Lipinski definition) is 6. The van der Waals surface area contributed by atoms with Crippen molar-refractivity contribution in [2.75, 3.05) is 25.5 Å². The number of carbonyl (C=O) groups is 1. The largest absolute Gasteiger partial charge is 0.419 e. The van der Waals surface area contributed by atoms with Gasteiger partial charge in [-0.2, -0.15) is 13.2 Å². The minimum atomic E-state index is -4.62. The summed E-state index contributed by atoms with van der Waals surface area (Å²) >= 11 is 0. The second-order valence-corrected chi connectivity index (χ2v) is 8.44. The van der Waals surface area contributed by atoms with E-state index in [2.05, 4.69) is 20.6 Å². The summed E-state index contributed by atoms with van der Waals surface area (Å²) in [6, 6.07) is 4.30. The van der Waals surface area contributed by atoms with E-state index in [9.17, 15) is 31.1 Å². The lowest BCUT2D eigenvalue weighted by molar-refractivity contribution is -0.145. The highest BCUT2D eigenvalue weighted by molar-refractivity contribution is 6.54. The molecule has 3 rings (SSSR count). The monoisotopic (exact) mass is 514 g/mol. The van der Waals surface area contributed by atoms with E-state index in [1.807, 2.05) is 0 Å². The average molecular weight is 514 g/mol. The van der Waals surface area contributed by atoms with Crippen LogP contribution in [0.4, 0.5) is 32.3 Å². The van der Waals surface area contributed by atoms with Crippen molar-refractivity contribution in [2.45, 2.75) is 31.5 Å². The Kier molecular flexibility index (Phi) is 7.89. The van der Waals surface area contributed by atoms with E-state index in [-0.39, 0.29) is 23.6 Å². The van der Waals surface area contributed by atoms with Gasteiger partial charge in [0.25, 0.3) is 11.8 Å². The first kappa shape index (κ1) is 27.0. The zero-order chi connectivity index (χ0) is 26.7. The fraction of sp³-hybridized carbons (Fsp3) is 0.391. The van der Waals surface area contributed by atoms with Crippen LogP contribution in [0.1, 0.15) is 24.5 Å². The van der Waals surface area contributed by atoms with E-state index in [0.717, 1.165) is 11.0 Å². The second-order valence-electron chi connectivity index (χ2n) is 8.44. The molecule has 2 aromatic rings. The molecule has 1 aliphatic rings. The molecule has 1 aliphatic heterocycles. The number of alkyl halides is 5. The van der Waals surface area contributed by atoms with Gasteiger partial charge in [-0.15, -0.1) is 0 Å². The highest BCUT2D eigenvalue weighted by atomic mass is 19.4. The van der Waals surface area contributed by atoms with Crippen LogP contribution >= 0.6 is 0 Å². The molecule has 36 heavy (non-hydrogen) atoms. The standard InChI is InChI=1S/C23H24F6N6O/c1-13-7-22(25,26)12-35(18(13)11-34-21-32-8-15(9-33-21)23(27,28)29)20(36)19(30)17(10-31-2)14-4-3-5-16(24)6-14/h3-6,8-10,13,18,30-31H,7,11-12H2,1-2H3,(H,32,33,34)/b17-10-,30-19?. The van der Waals surface area contributed by atoms with Crippen LogP contribution in [-0.4, -0.2) is 58.6 Å². The first-order valence-electron chi connectivity index (χ1n) is 10.9. The molecule has 1 aromatic heterocycles. The molecule has 2 unspecified atom stereocenters. The van der Waals surface area contributed by atoms with Crippen LogP contribution < -0.4 is 10.6 Å². The number of likely N-dealkylation sites (tertiary alicyclic amines) is 1. The minimum absolute atomic E-state index is 0.00123. The number of anilines is 1. The maximum absolute atomic E-state index is 14.5. The van der Waals surface area contributed by atoms with Gasteiger partial charge >= 0.3 is 6.18 Å². The van der Waals surface area contributed by atoms with Crippen molar-refractivity contribution >= 4 is 23.1 Å². The van der Waals surface area contributed by atoms with Gasteiger partial charge in [-0.1, -0.05) is 19.1 Å². The lowest BCUT2D eigenvalue weighted by Crippen LogP contribution is -2.58. The van der Waals surface area contributed by atoms with Gasteiger partial charge in [-0.3, -0.25) is 10.2 Å². The average Bonchev–Trinajstić information content (AvgIpc) is 2.80. The maximum atomic E-state index is 14.5.